The van der Waals surface area contributed by atoms with Crippen LogP contribution < -0.4 is 0 Å². The van der Waals surface area contributed by atoms with Gasteiger partial charge in [-0.05, 0) is 50.3 Å². The largest absolute Gasteiger partial charge is 0.449 e. The maximum absolute atomic E-state index is 6.96. The maximum atomic E-state index is 6.96. The van der Waals surface area contributed by atoms with Crippen molar-refractivity contribution in [3.8, 4) is 22.3 Å². The molecule has 5 rings (SSSR count). The molecule has 0 unspecified atom stereocenters. The van der Waals surface area contributed by atoms with Gasteiger partial charge in [0.2, 0.25) is 0 Å². The molecule has 1 aromatic heterocycles. The molecule has 4 aromatic rings. The summed E-state index contributed by atoms with van der Waals surface area (Å²) in [7, 11) is 0. The third-order valence-electron chi connectivity index (χ3n) is 5.49. The Kier molecular flexibility index (Phi) is 3.41. The van der Waals surface area contributed by atoms with Crippen molar-refractivity contribution in [1.82, 2.24) is 0 Å². The minimum absolute atomic E-state index is 0.0378. The molecule has 0 amide bonds. The lowest BCUT2D eigenvalue weighted by Gasteiger charge is -2.21. The molecule has 3 heteroatoms. The molecule has 0 atom stereocenters. The normalized spacial score (nSPS) is 14.5. The first kappa shape index (κ1) is 16.2. The summed E-state index contributed by atoms with van der Waals surface area (Å²) < 4.78 is 6.46. The van der Waals surface area contributed by atoms with Crippen molar-refractivity contribution in [1.29, 1.82) is 0 Å². The molecule has 0 N–H and O–H groups in total. The van der Waals surface area contributed by atoms with Crippen LogP contribution in [0.5, 0.6) is 0 Å². The van der Waals surface area contributed by atoms with Crippen molar-refractivity contribution in [2.24, 2.45) is 0 Å². The van der Waals surface area contributed by atoms with E-state index in [1.807, 2.05) is 6.07 Å². The Balaban J connectivity index is 1.76. The van der Waals surface area contributed by atoms with Crippen LogP contribution in [0.1, 0.15) is 25.0 Å². The number of rotatable bonds is 1. The van der Waals surface area contributed by atoms with E-state index in [1.165, 1.54) is 16.7 Å². The second kappa shape index (κ2) is 5.48. The average molecular weight is 424 g/mol. The van der Waals surface area contributed by atoms with E-state index in [2.05, 4.69) is 84.4 Å². The predicted molar refractivity (Wildman–Crippen MR) is 112 cm³/mol. The Morgan fingerprint density at radius 3 is 2.54 bits per heavy atom. The standard InChI is InChI=1S/C23H16BrClO/c1-23(2)17-6-4-3-5-16(17)21-18(23)10-9-15(22(21)25)13-7-8-14-12-20(24)26-19(14)11-13/h3-12H,1-2H3. The summed E-state index contributed by atoms with van der Waals surface area (Å²) in [6.45, 7) is 4.53. The van der Waals surface area contributed by atoms with Gasteiger partial charge in [-0.3, -0.25) is 0 Å². The van der Waals surface area contributed by atoms with Crippen LogP contribution >= 0.6 is 27.5 Å². The van der Waals surface area contributed by atoms with Crippen LogP contribution in [0.3, 0.4) is 0 Å². The molecule has 0 fully saturated rings. The minimum atomic E-state index is -0.0378. The van der Waals surface area contributed by atoms with Crippen molar-refractivity contribution in [2.45, 2.75) is 19.3 Å². The van der Waals surface area contributed by atoms with Gasteiger partial charge in [-0.1, -0.05) is 74.0 Å². The monoisotopic (exact) mass is 422 g/mol. The molecule has 26 heavy (non-hydrogen) atoms. The van der Waals surface area contributed by atoms with Gasteiger partial charge >= 0.3 is 0 Å². The van der Waals surface area contributed by atoms with Crippen LogP contribution in [0.2, 0.25) is 5.02 Å². The van der Waals surface area contributed by atoms with Gasteiger partial charge in [-0.15, -0.1) is 0 Å². The van der Waals surface area contributed by atoms with Crippen molar-refractivity contribution in [2.75, 3.05) is 0 Å². The molecular formula is C23H16BrClO. The Hall–Kier alpha value is -2.03. The fraction of sp³-hybridized carbons (Fsp3) is 0.130. The summed E-state index contributed by atoms with van der Waals surface area (Å²) in [6.07, 6.45) is 0. The van der Waals surface area contributed by atoms with E-state index in [0.29, 0.717) is 0 Å². The van der Waals surface area contributed by atoms with E-state index >= 15 is 0 Å². The molecule has 128 valence electrons. The van der Waals surface area contributed by atoms with Crippen molar-refractivity contribution < 1.29 is 4.42 Å². The topological polar surface area (TPSA) is 13.1 Å². The second-order valence-electron chi connectivity index (χ2n) is 7.32. The fourth-order valence-corrected chi connectivity index (χ4v) is 4.94. The lowest BCUT2D eigenvalue weighted by Crippen LogP contribution is -2.14. The van der Waals surface area contributed by atoms with Gasteiger partial charge in [-0.25, -0.2) is 0 Å². The fourth-order valence-electron chi connectivity index (χ4n) is 4.14. The van der Waals surface area contributed by atoms with Gasteiger partial charge < -0.3 is 4.42 Å². The predicted octanol–water partition coefficient (Wildman–Crippen LogP) is 7.82. The Labute approximate surface area is 165 Å². The number of furan rings is 1. The number of benzene rings is 3. The first-order valence-electron chi connectivity index (χ1n) is 8.59. The van der Waals surface area contributed by atoms with Crippen LogP contribution in [-0.4, -0.2) is 0 Å². The smallest absolute Gasteiger partial charge is 0.170 e. The van der Waals surface area contributed by atoms with Crippen LogP contribution in [0.4, 0.5) is 0 Å². The van der Waals surface area contributed by atoms with Gasteiger partial charge in [-0.2, -0.15) is 0 Å². The van der Waals surface area contributed by atoms with Crippen LogP contribution in [0.25, 0.3) is 33.2 Å². The Bertz CT molecular complexity index is 1190. The third-order valence-corrected chi connectivity index (χ3v) is 6.27. The first-order valence-corrected chi connectivity index (χ1v) is 9.76. The molecule has 1 heterocycles. The summed E-state index contributed by atoms with van der Waals surface area (Å²) in [5.74, 6) is 0. The highest BCUT2D eigenvalue weighted by molar-refractivity contribution is 9.10. The molecule has 0 saturated heterocycles. The third kappa shape index (κ3) is 2.15. The highest BCUT2D eigenvalue weighted by Crippen LogP contribution is 2.53. The SMILES string of the molecule is CC1(C)c2ccccc2-c2c1ccc(-c1ccc3cc(Br)oc3c1)c2Cl. The molecule has 1 aliphatic rings. The summed E-state index contributed by atoms with van der Waals surface area (Å²) in [5, 5.41) is 1.88. The van der Waals surface area contributed by atoms with Crippen LogP contribution in [0.15, 0.2) is 69.8 Å². The number of fused-ring (bicyclic) bond motifs is 4. The number of halogens is 2. The zero-order chi connectivity index (χ0) is 18.1. The summed E-state index contributed by atoms with van der Waals surface area (Å²) in [4.78, 5) is 0. The zero-order valence-electron chi connectivity index (χ0n) is 14.4. The van der Waals surface area contributed by atoms with E-state index in [9.17, 15) is 0 Å². The molecule has 1 aliphatic carbocycles. The molecule has 1 nitrogen and oxygen atoms in total. The highest BCUT2D eigenvalue weighted by Gasteiger charge is 2.37. The first-order chi connectivity index (χ1) is 12.5. The molecule has 0 radical (unpaired) electrons. The summed E-state index contributed by atoms with van der Waals surface area (Å²) in [5.41, 5.74) is 7.93. The Morgan fingerprint density at radius 2 is 1.69 bits per heavy atom. The number of hydrogen-bond acceptors (Lipinski definition) is 1. The van der Waals surface area contributed by atoms with Gasteiger partial charge in [0, 0.05) is 21.9 Å². The van der Waals surface area contributed by atoms with Gasteiger partial charge in [0.05, 0.1) is 5.02 Å². The number of hydrogen-bond donors (Lipinski definition) is 0. The molecule has 0 saturated carbocycles. The molecular weight excluding hydrogens is 408 g/mol. The van der Waals surface area contributed by atoms with E-state index in [-0.39, 0.29) is 5.41 Å². The summed E-state index contributed by atoms with van der Waals surface area (Å²) in [6, 6.07) is 21.1. The van der Waals surface area contributed by atoms with Crippen molar-refractivity contribution in [3.63, 3.8) is 0 Å². The zero-order valence-corrected chi connectivity index (χ0v) is 16.8. The van der Waals surface area contributed by atoms with Gasteiger partial charge in [0.25, 0.3) is 0 Å². The molecule has 0 bridgehead atoms. The molecule has 0 spiro atoms. The highest BCUT2D eigenvalue weighted by atomic mass is 79.9. The quantitative estimate of drug-likeness (QED) is 0.304. The minimum Gasteiger partial charge on any atom is -0.449 e. The van der Waals surface area contributed by atoms with Crippen molar-refractivity contribution in [3.05, 3.63) is 81.5 Å². The van der Waals surface area contributed by atoms with E-state index in [0.717, 1.165) is 37.4 Å². The van der Waals surface area contributed by atoms with Crippen molar-refractivity contribution >= 4 is 38.5 Å². The van der Waals surface area contributed by atoms with E-state index < -0.39 is 0 Å². The van der Waals surface area contributed by atoms with Crippen LogP contribution in [-0.2, 0) is 5.41 Å². The maximum Gasteiger partial charge on any atom is 0.170 e. The van der Waals surface area contributed by atoms with Crippen LogP contribution in [0, 0.1) is 0 Å². The second-order valence-corrected chi connectivity index (χ2v) is 8.48. The van der Waals surface area contributed by atoms with E-state index in [4.69, 9.17) is 16.0 Å². The molecule has 3 aromatic carbocycles. The lowest BCUT2D eigenvalue weighted by atomic mass is 9.82. The average Bonchev–Trinajstić information content (AvgIpc) is 3.10. The van der Waals surface area contributed by atoms with E-state index in [1.54, 1.807) is 0 Å². The summed E-state index contributed by atoms with van der Waals surface area (Å²) >= 11 is 10.4. The lowest BCUT2D eigenvalue weighted by molar-refractivity contribution is 0.587. The van der Waals surface area contributed by atoms with Gasteiger partial charge in [0.1, 0.15) is 5.58 Å². The molecule has 0 aliphatic heterocycles. The van der Waals surface area contributed by atoms with Gasteiger partial charge in [0.15, 0.2) is 4.67 Å². The Morgan fingerprint density at radius 1 is 0.885 bits per heavy atom.